The summed E-state index contributed by atoms with van der Waals surface area (Å²) in [5.41, 5.74) is 1.63. The van der Waals surface area contributed by atoms with E-state index in [-0.39, 0.29) is 12.0 Å². The van der Waals surface area contributed by atoms with Crippen molar-refractivity contribution in [3.05, 3.63) is 59.7 Å². The number of hydrogen-bond donors (Lipinski definition) is 0. The maximum Gasteiger partial charge on any atom is 0.253 e. The standard InChI is InChI=1S/C22H27NO4/c1-3-25-21-9-5-4-7-18(21)15-23(2)22(24)17-10-12-19(13-11-17)27-16-20-8-6-14-26-20/h4-5,7,9-13,20H,3,6,8,14-16H2,1-2H3. The molecule has 0 bridgehead atoms. The van der Waals surface area contributed by atoms with E-state index in [1.165, 1.54) is 0 Å². The molecule has 1 saturated heterocycles. The Bertz CT molecular complexity index is 738. The Morgan fingerprint density at radius 2 is 1.93 bits per heavy atom. The van der Waals surface area contributed by atoms with Crippen LogP contribution in [0.4, 0.5) is 0 Å². The number of nitrogens with zero attached hydrogens (tertiary/aromatic N) is 1. The van der Waals surface area contributed by atoms with Gasteiger partial charge in [0.15, 0.2) is 0 Å². The second-order valence-corrected chi connectivity index (χ2v) is 6.67. The van der Waals surface area contributed by atoms with E-state index >= 15 is 0 Å². The van der Waals surface area contributed by atoms with E-state index in [4.69, 9.17) is 14.2 Å². The lowest BCUT2D eigenvalue weighted by atomic mass is 10.1. The van der Waals surface area contributed by atoms with Crippen LogP contribution in [0, 0.1) is 0 Å². The third-order valence-corrected chi connectivity index (χ3v) is 4.59. The van der Waals surface area contributed by atoms with Crippen molar-refractivity contribution in [2.45, 2.75) is 32.4 Å². The third kappa shape index (κ3) is 5.23. The maximum absolute atomic E-state index is 12.7. The number of benzene rings is 2. The molecule has 1 fully saturated rings. The highest BCUT2D eigenvalue weighted by Crippen LogP contribution is 2.21. The van der Waals surface area contributed by atoms with Crippen LogP contribution in [0.3, 0.4) is 0 Å². The van der Waals surface area contributed by atoms with Crippen LogP contribution >= 0.6 is 0 Å². The largest absolute Gasteiger partial charge is 0.494 e. The minimum atomic E-state index is -0.0352. The van der Waals surface area contributed by atoms with Crippen molar-refractivity contribution in [1.29, 1.82) is 0 Å². The normalized spacial score (nSPS) is 16.1. The number of ether oxygens (including phenoxy) is 3. The average Bonchev–Trinajstić information content (AvgIpc) is 3.21. The number of amides is 1. The number of carbonyl (C=O) groups is 1. The van der Waals surface area contributed by atoms with Crippen molar-refractivity contribution in [2.24, 2.45) is 0 Å². The van der Waals surface area contributed by atoms with Gasteiger partial charge in [-0.05, 0) is 50.1 Å². The van der Waals surface area contributed by atoms with Gasteiger partial charge in [0, 0.05) is 31.3 Å². The summed E-state index contributed by atoms with van der Waals surface area (Å²) in [6.45, 7) is 4.42. The van der Waals surface area contributed by atoms with E-state index in [1.54, 1.807) is 24.1 Å². The first-order valence-electron chi connectivity index (χ1n) is 9.48. The van der Waals surface area contributed by atoms with Gasteiger partial charge >= 0.3 is 0 Å². The lowest BCUT2D eigenvalue weighted by Gasteiger charge is -2.19. The van der Waals surface area contributed by atoms with Crippen LogP contribution < -0.4 is 9.47 Å². The molecule has 1 aliphatic rings. The molecule has 0 aromatic heterocycles. The molecule has 2 aromatic rings. The predicted octanol–water partition coefficient (Wildman–Crippen LogP) is 3.92. The lowest BCUT2D eigenvalue weighted by Crippen LogP contribution is -2.26. The Labute approximate surface area is 160 Å². The van der Waals surface area contributed by atoms with Crippen LogP contribution in [0.5, 0.6) is 11.5 Å². The maximum atomic E-state index is 12.7. The predicted molar refractivity (Wildman–Crippen MR) is 104 cm³/mol. The number of carbonyl (C=O) groups excluding carboxylic acids is 1. The van der Waals surface area contributed by atoms with E-state index in [9.17, 15) is 4.79 Å². The minimum absolute atomic E-state index is 0.0352. The zero-order valence-electron chi connectivity index (χ0n) is 16.0. The van der Waals surface area contributed by atoms with Crippen molar-refractivity contribution in [2.75, 3.05) is 26.9 Å². The van der Waals surface area contributed by atoms with E-state index < -0.39 is 0 Å². The van der Waals surface area contributed by atoms with Crippen molar-refractivity contribution in [3.8, 4) is 11.5 Å². The van der Waals surface area contributed by atoms with Gasteiger partial charge < -0.3 is 19.1 Å². The van der Waals surface area contributed by atoms with Gasteiger partial charge in [0.1, 0.15) is 18.1 Å². The summed E-state index contributed by atoms with van der Waals surface area (Å²) in [6, 6.07) is 15.1. The van der Waals surface area contributed by atoms with Gasteiger partial charge in [0.2, 0.25) is 0 Å². The van der Waals surface area contributed by atoms with Crippen LogP contribution in [0.2, 0.25) is 0 Å². The molecule has 0 N–H and O–H groups in total. The van der Waals surface area contributed by atoms with Crippen molar-refractivity contribution in [3.63, 3.8) is 0 Å². The molecule has 0 saturated carbocycles. The van der Waals surface area contributed by atoms with E-state index in [2.05, 4.69) is 0 Å². The minimum Gasteiger partial charge on any atom is -0.494 e. The molecule has 1 amide bonds. The van der Waals surface area contributed by atoms with Gasteiger partial charge in [-0.1, -0.05) is 18.2 Å². The zero-order valence-corrected chi connectivity index (χ0v) is 16.0. The Balaban J connectivity index is 1.58. The fourth-order valence-electron chi connectivity index (χ4n) is 3.14. The molecule has 144 valence electrons. The summed E-state index contributed by atoms with van der Waals surface area (Å²) < 4.78 is 17.0. The summed E-state index contributed by atoms with van der Waals surface area (Å²) in [5.74, 6) is 1.54. The van der Waals surface area contributed by atoms with E-state index in [0.29, 0.717) is 25.3 Å². The van der Waals surface area contributed by atoms with Crippen LogP contribution in [0.1, 0.15) is 35.7 Å². The third-order valence-electron chi connectivity index (χ3n) is 4.59. The quantitative estimate of drug-likeness (QED) is 0.708. The highest BCUT2D eigenvalue weighted by Gasteiger charge is 2.17. The smallest absolute Gasteiger partial charge is 0.253 e. The fourth-order valence-corrected chi connectivity index (χ4v) is 3.14. The summed E-state index contributed by atoms with van der Waals surface area (Å²) in [6.07, 6.45) is 2.33. The van der Waals surface area contributed by atoms with Crippen LogP contribution in [0.25, 0.3) is 0 Å². The molecule has 2 aromatic carbocycles. The first kappa shape index (κ1) is 19.2. The average molecular weight is 369 g/mol. The Morgan fingerprint density at radius 3 is 2.63 bits per heavy atom. The second kappa shape index (κ2) is 9.42. The Hall–Kier alpha value is -2.53. The van der Waals surface area contributed by atoms with Crippen molar-refractivity contribution < 1.29 is 19.0 Å². The molecule has 1 aliphatic heterocycles. The molecule has 1 heterocycles. The molecule has 5 nitrogen and oxygen atoms in total. The second-order valence-electron chi connectivity index (χ2n) is 6.67. The molecular weight excluding hydrogens is 342 g/mol. The highest BCUT2D eigenvalue weighted by atomic mass is 16.5. The van der Waals surface area contributed by atoms with Crippen LogP contribution in [0.15, 0.2) is 48.5 Å². The molecule has 27 heavy (non-hydrogen) atoms. The lowest BCUT2D eigenvalue weighted by molar-refractivity contribution is 0.0679. The highest BCUT2D eigenvalue weighted by molar-refractivity contribution is 5.94. The molecule has 0 spiro atoms. The van der Waals surface area contributed by atoms with E-state index in [1.807, 2.05) is 43.3 Å². The van der Waals surface area contributed by atoms with Crippen molar-refractivity contribution >= 4 is 5.91 Å². The molecular formula is C22H27NO4. The number of hydrogen-bond acceptors (Lipinski definition) is 4. The van der Waals surface area contributed by atoms with Gasteiger partial charge in [-0.2, -0.15) is 0 Å². The Kier molecular flexibility index (Phi) is 6.71. The first-order chi connectivity index (χ1) is 13.2. The fraction of sp³-hybridized carbons (Fsp3) is 0.409. The number of rotatable bonds is 8. The topological polar surface area (TPSA) is 48.0 Å². The van der Waals surface area contributed by atoms with Crippen LogP contribution in [-0.4, -0.2) is 43.8 Å². The van der Waals surface area contributed by atoms with E-state index in [0.717, 1.165) is 36.5 Å². The summed E-state index contributed by atoms with van der Waals surface area (Å²) in [5, 5.41) is 0. The van der Waals surface area contributed by atoms with Crippen LogP contribution in [-0.2, 0) is 11.3 Å². The molecule has 1 unspecified atom stereocenters. The zero-order chi connectivity index (χ0) is 19.1. The summed E-state index contributed by atoms with van der Waals surface area (Å²) in [4.78, 5) is 14.4. The molecule has 0 aliphatic carbocycles. The molecule has 5 heteroatoms. The van der Waals surface area contributed by atoms with Gasteiger partial charge in [-0.3, -0.25) is 4.79 Å². The molecule has 0 radical (unpaired) electrons. The first-order valence-corrected chi connectivity index (χ1v) is 9.48. The van der Waals surface area contributed by atoms with Gasteiger partial charge in [-0.25, -0.2) is 0 Å². The Morgan fingerprint density at radius 1 is 1.15 bits per heavy atom. The number of para-hydroxylation sites is 1. The van der Waals surface area contributed by atoms with Gasteiger partial charge in [-0.15, -0.1) is 0 Å². The van der Waals surface area contributed by atoms with Gasteiger partial charge in [0.05, 0.1) is 12.7 Å². The SMILES string of the molecule is CCOc1ccccc1CN(C)C(=O)c1ccc(OCC2CCCO2)cc1. The molecule has 1 atom stereocenters. The summed E-state index contributed by atoms with van der Waals surface area (Å²) >= 11 is 0. The van der Waals surface area contributed by atoms with Gasteiger partial charge in [0.25, 0.3) is 5.91 Å². The monoisotopic (exact) mass is 369 g/mol. The van der Waals surface area contributed by atoms with Crippen molar-refractivity contribution in [1.82, 2.24) is 4.90 Å². The summed E-state index contributed by atoms with van der Waals surface area (Å²) in [7, 11) is 1.80. The molecule has 3 rings (SSSR count).